The van der Waals surface area contributed by atoms with Gasteiger partial charge in [0.25, 0.3) is 0 Å². The highest BCUT2D eigenvalue weighted by molar-refractivity contribution is 4.60. The highest BCUT2D eigenvalue weighted by Gasteiger charge is 2.04. The zero-order chi connectivity index (χ0) is 9.94. The lowest BCUT2D eigenvalue weighted by Gasteiger charge is -2.14. The fourth-order valence-electron chi connectivity index (χ4n) is 1.44. The van der Waals surface area contributed by atoms with Gasteiger partial charge in [-0.05, 0) is 31.8 Å². The summed E-state index contributed by atoms with van der Waals surface area (Å²) >= 11 is 0. The minimum atomic E-state index is -0.196. The van der Waals surface area contributed by atoms with Crippen LogP contribution in [0.2, 0.25) is 0 Å². The summed E-state index contributed by atoms with van der Waals surface area (Å²) in [5.41, 5.74) is 0. The van der Waals surface area contributed by atoms with E-state index in [0.29, 0.717) is 6.42 Å². The second kappa shape index (κ2) is 9.97. The second-order valence-electron chi connectivity index (χ2n) is 3.66. The van der Waals surface area contributed by atoms with Crippen LogP contribution in [0.25, 0.3) is 0 Å². The van der Waals surface area contributed by atoms with Crippen molar-refractivity contribution in [1.82, 2.24) is 5.32 Å². The molecule has 0 rings (SSSR count). The first-order valence-corrected chi connectivity index (χ1v) is 5.61. The normalized spacial score (nSPS) is 13.2. The number of hydrogen-bond donors (Lipinski definition) is 1. The predicted molar refractivity (Wildman–Crippen MR) is 56.8 cm³/mol. The third kappa shape index (κ3) is 8.23. The van der Waals surface area contributed by atoms with Gasteiger partial charge in [-0.25, -0.2) is 0 Å². The maximum atomic E-state index is 11.8. The molecule has 0 aliphatic rings. The minimum Gasteiger partial charge on any atom is -0.316 e. The Balaban J connectivity index is 3.25. The summed E-state index contributed by atoms with van der Waals surface area (Å²) in [6.45, 7) is 6.16. The van der Waals surface area contributed by atoms with E-state index in [1.165, 1.54) is 25.7 Å². The number of rotatable bonds is 9. The summed E-state index contributed by atoms with van der Waals surface area (Å²) < 4.78 is 11.8. The van der Waals surface area contributed by atoms with E-state index in [1.54, 1.807) is 0 Å². The average Bonchev–Trinajstić information content (AvgIpc) is 2.17. The summed E-state index contributed by atoms with van der Waals surface area (Å²) in [5.74, 6) is 0.791. The number of nitrogens with one attached hydrogen (secondary N) is 1. The third-order valence-electron chi connectivity index (χ3n) is 2.46. The van der Waals surface area contributed by atoms with Crippen molar-refractivity contribution in [2.45, 2.75) is 46.0 Å². The van der Waals surface area contributed by atoms with E-state index in [-0.39, 0.29) is 6.67 Å². The van der Waals surface area contributed by atoms with Gasteiger partial charge in [-0.1, -0.05) is 33.1 Å². The first kappa shape index (κ1) is 12.9. The molecule has 0 amide bonds. The number of unbranched alkanes of at least 4 members (excludes halogenated alkanes) is 1. The highest BCUT2D eigenvalue weighted by Crippen LogP contribution is 2.10. The SMILES string of the molecule is CCCCC(CC)CNCCCF. The zero-order valence-electron chi connectivity index (χ0n) is 9.11. The van der Waals surface area contributed by atoms with E-state index in [4.69, 9.17) is 0 Å². The van der Waals surface area contributed by atoms with Crippen LogP contribution in [0.5, 0.6) is 0 Å². The quantitative estimate of drug-likeness (QED) is 0.549. The van der Waals surface area contributed by atoms with Crippen LogP contribution in [0, 0.1) is 5.92 Å². The van der Waals surface area contributed by atoms with Crippen LogP contribution < -0.4 is 5.32 Å². The van der Waals surface area contributed by atoms with Gasteiger partial charge in [0.2, 0.25) is 0 Å². The summed E-state index contributed by atoms with van der Waals surface area (Å²) in [5, 5.41) is 3.31. The molecule has 2 heteroatoms. The summed E-state index contributed by atoms with van der Waals surface area (Å²) in [6, 6.07) is 0. The van der Waals surface area contributed by atoms with Crippen molar-refractivity contribution in [3.05, 3.63) is 0 Å². The molecule has 13 heavy (non-hydrogen) atoms. The van der Waals surface area contributed by atoms with Gasteiger partial charge >= 0.3 is 0 Å². The van der Waals surface area contributed by atoms with Crippen molar-refractivity contribution >= 4 is 0 Å². The maximum Gasteiger partial charge on any atom is 0.0906 e. The molecule has 0 aromatic heterocycles. The minimum absolute atomic E-state index is 0.196. The van der Waals surface area contributed by atoms with Crippen molar-refractivity contribution in [2.75, 3.05) is 19.8 Å². The van der Waals surface area contributed by atoms with E-state index < -0.39 is 0 Å². The third-order valence-corrected chi connectivity index (χ3v) is 2.46. The number of hydrogen-bond acceptors (Lipinski definition) is 1. The molecule has 0 saturated heterocycles. The monoisotopic (exact) mass is 189 g/mol. The Hall–Kier alpha value is -0.110. The summed E-state index contributed by atoms with van der Waals surface area (Å²) in [4.78, 5) is 0. The lowest BCUT2D eigenvalue weighted by Crippen LogP contribution is -2.23. The Morgan fingerprint density at radius 2 is 2.00 bits per heavy atom. The van der Waals surface area contributed by atoms with Gasteiger partial charge in [0.05, 0.1) is 6.67 Å². The standard InChI is InChI=1S/C11H24FN/c1-3-5-7-11(4-2)10-13-9-6-8-12/h11,13H,3-10H2,1-2H3. The molecule has 1 N–H and O–H groups in total. The molecular formula is C11H24FN. The maximum absolute atomic E-state index is 11.8. The largest absolute Gasteiger partial charge is 0.316 e. The lowest BCUT2D eigenvalue weighted by atomic mass is 9.99. The molecule has 1 nitrogen and oxygen atoms in total. The lowest BCUT2D eigenvalue weighted by molar-refractivity contribution is 0.403. The molecule has 80 valence electrons. The predicted octanol–water partition coefficient (Wildman–Crippen LogP) is 3.15. The molecule has 0 saturated carbocycles. The molecule has 0 aromatic rings. The molecular weight excluding hydrogens is 165 g/mol. The van der Waals surface area contributed by atoms with Crippen LogP contribution in [0.3, 0.4) is 0 Å². The van der Waals surface area contributed by atoms with E-state index in [2.05, 4.69) is 19.2 Å². The number of halogens is 1. The smallest absolute Gasteiger partial charge is 0.0906 e. The molecule has 0 heterocycles. The van der Waals surface area contributed by atoms with Crippen molar-refractivity contribution in [3.8, 4) is 0 Å². The highest BCUT2D eigenvalue weighted by atomic mass is 19.1. The molecule has 0 aliphatic heterocycles. The van der Waals surface area contributed by atoms with E-state index in [0.717, 1.165) is 19.0 Å². The molecule has 1 unspecified atom stereocenters. The Bertz CT molecular complexity index is 96.1. The van der Waals surface area contributed by atoms with Crippen molar-refractivity contribution in [2.24, 2.45) is 5.92 Å². The van der Waals surface area contributed by atoms with Crippen molar-refractivity contribution < 1.29 is 4.39 Å². The van der Waals surface area contributed by atoms with Gasteiger partial charge in [-0.3, -0.25) is 4.39 Å². The van der Waals surface area contributed by atoms with Crippen LogP contribution in [0.4, 0.5) is 4.39 Å². The molecule has 0 aliphatic carbocycles. The van der Waals surface area contributed by atoms with Crippen LogP contribution in [0.1, 0.15) is 46.0 Å². The van der Waals surface area contributed by atoms with E-state index in [1.807, 2.05) is 0 Å². The zero-order valence-corrected chi connectivity index (χ0v) is 9.11. The van der Waals surface area contributed by atoms with Crippen molar-refractivity contribution in [3.63, 3.8) is 0 Å². The van der Waals surface area contributed by atoms with Crippen LogP contribution in [0.15, 0.2) is 0 Å². The Labute approximate surface area is 82.1 Å². The Kier molecular flexibility index (Phi) is 9.89. The second-order valence-corrected chi connectivity index (χ2v) is 3.66. The molecule has 0 radical (unpaired) electrons. The van der Waals surface area contributed by atoms with Crippen LogP contribution in [-0.4, -0.2) is 19.8 Å². The van der Waals surface area contributed by atoms with E-state index in [9.17, 15) is 4.39 Å². The van der Waals surface area contributed by atoms with Gasteiger partial charge in [0.15, 0.2) is 0 Å². The Morgan fingerprint density at radius 3 is 2.54 bits per heavy atom. The van der Waals surface area contributed by atoms with Crippen LogP contribution in [-0.2, 0) is 0 Å². The van der Waals surface area contributed by atoms with Gasteiger partial charge in [-0.15, -0.1) is 0 Å². The molecule has 1 atom stereocenters. The van der Waals surface area contributed by atoms with Gasteiger partial charge < -0.3 is 5.32 Å². The first-order chi connectivity index (χ1) is 6.35. The van der Waals surface area contributed by atoms with Crippen molar-refractivity contribution in [1.29, 1.82) is 0 Å². The molecule has 0 spiro atoms. The van der Waals surface area contributed by atoms with Gasteiger partial charge in [-0.2, -0.15) is 0 Å². The van der Waals surface area contributed by atoms with Crippen LogP contribution >= 0.6 is 0 Å². The molecule has 0 bridgehead atoms. The summed E-state index contributed by atoms with van der Waals surface area (Å²) in [7, 11) is 0. The topological polar surface area (TPSA) is 12.0 Å². The average molecular weight is 189 g/mol. The summed E-state index contributed by atoms with van der Waals surface area (Å²) in [6.07, 6.45) is 5.81. The first-order valence-electron chi connectivity index (χ1n) is 5.61. The molecule has 0 aromatic carbocycles. The Morgan fingerprint density at radius 1 is 1.23 bits per heavy atom. The van der Waals surface area contributed by atoms with Gasteiger partial charge in [0, 0.05) is 0 Å². The molecule has 0 fully saturated rings. The van der Waals surface area contributed by atoms with E-state index >= 15 is 0 Å². The fraction of sp³-hybridized carbons (Fsp3) is 1.00. The fourth-order valence-corrected chi connectivity index (χ4v) is 1.44. The number of alkyl halides is 1. The van der Waals surface area contributed by atoms with Gasteiger partial charge in [0.1, 0.15) is 0 Å².